The Labute approximate surface area is 113 Å². The average molecular weight is 260 g/mol. The lowest BCUT2D eigenvalue weighted by molar-refractivity contribution is 0.860. The third-order valence-corrected chi connectivity index (χ3v) is 4.23. The molecule has 1 aromatic heterocycles. The van der Waals surface area contributed by atoms with E-state index in [9.17, 15) is 0 Å². The summed E-state index contributed by atoms with van der Waals surface area (Å²) in [4.78, 5) is 5.61. The molecule has 0 radical (unpaired) electrons. The number of rotatable bonds is 4. The number of nitrogens with zero attached hydrogens (tertiary/aromatic N) is 1. The van der Waals surface area contributed by atoms with Crippen LogP contribution in [0.3, 0.4) is 0 Å². The summed E-state index contributed by atoms with van der Waals surface area (Å²) in [5.74, 6) is 0.562. The van der Waals surface area contributed by atoms with Crippen LogP contribution in [0.2, 0.25) is 0 Å². The fourth-order valence-electron chi connectivity index (χ4n) is 2.03. The highest BCUT2D eigenvalue weighted by Crippen LogP contribution is 2.26. The third-order valence-electron chi connectivity index (χ3n) is 3.11. The molecule has 0 saturated carbocycles. The lowest BCUT2D eigenvalue weighted by Gasteiger charge is -2.16. The van der Waals surface area contributed by atoms with Gasteiger partial charge in [-0.2, -0.15) is 0 Å². The predicted molar refractivity (Wildman–Crippen MR) is 79.4 cm³/mol. The number of nitrogens with one attached hydrogen (secondary N) is 1. The predicted octanol–water partition coefficient (Wildman–Crippen LogP) is 4.75. The molecule has 1 unspecified atom stereocenters. The summed E-state index contributed by atoms with van der Waals surface area (Å²) in [6.07, 6.45) is 0. The molecule has 0 bridgehead atoms. The van der Waals surface area contributed by atoms with Crippen LogP contribution in [0, 0.1) is 6.92 Å². The zero-order chi connectivity index (χ0) is 13.1. The van der Waals surface area contributed by atoms with Gasteiger partial charge in [-0.25, -0.2) is 4.98 Å². The van der Waals surface area contributed by atoms with Gasteiger partial charge in [0.1, 0.15) is 0 Å². The summed E-state index contributed by atoms with van der Waals surface area (Å²) >= 11 is 1.71. The Morgan fingerprint density at radius 1 is 1.22 bits per heavy atom. The summed E-state index contributed by atoms with van der Waals surface area (Å²) in [6.45, 7) is 8.68. The molecule has 1 atom stereocenters. The van der Waals surface area contributed by atoms with Gasteiger partial charge < -0.3 is 5.32 Å². The Morgan fingerprint density at radius 2 is 2.00 bits per heavy atom. The van der Waals surface area contributed by atoms with Gasteiger partial charge in [-0.15, -0.1) is 11.3 Å². The maximum Gasteiger partial charge on any atom is 0.0798 e. The van der Waals surface area contributed by atoms with Gasteiger partial charge in [0.15, 0.2) is 0 Å². The van der Waals surface area contributed by atoms with Crippen molar-refractivity contribution in [3.8, 4) is 0 Å². The van der Waals surface area contributed by atoms with Crippen molar-refractivity contribution >= 4 is 17.0 Å². The van der Waals surface area contributed by atoms with Gasteiger partial charge in [-0.1, -0.05) is 26.0 Å². The lowest BCUT2D eigenvalue weighted by Crippen LogP contribution is -2.06. The Bertz CT molecular complexity index is 517. The molecule has 96 valence electrons. The Hall–Kier alpha value is -1.35. The first-order chi connectivity index (χ1) is 8.58. The zero-order valence-corrected chi connectivity index (χ0v) is 12.2. The van der Waals surface area contributed by atoms with Crippen LogP contribution < -0.4 is 5.32 Å². The molecule has 0 saturated heterocycles. The molecule has 0 spiro atoms. The quantitative estimate of drug-likeness (QED) is 0.858. The van der Waals surface area contributed by atoms with Crippen molar-refractivity contribution in [2.24, 2.45) is 0 Å². The minimum Gasteiger partial charge on any atom is -0.378 e. The first-order valence-electron chi connectivity index (χ1n) is 6.34. The van der Waals surface area contributed by atoms with Crippen LogP contribution in [0.1, 0.15) is 48.9 Å². The van der Waals surface area contributed by atoms with Gasteiger partial charge in [0, 0.05) is 10.6 Å². The molecule has 1 N–H and O–H groups in total. The van der Waals surface area contributed by atoms with Gasteiger partial charge in [0.25, 0.3) is 0 Å². The van der Waals surface area contributed by atoms with Gasteiger partial charge in [0.05, 0.1) is 17.2 Å². The first-order valence-corrected chi connectivity index (χ1v) is 7.22. The van der Waals surface area contributed by atoms with Crippen LogP contribution in [0.25, 0.3) is 0 Å². The van der Waals surface area contributed by atoms with Crippen molar-refractivity contribution in [3.05, 3.63) is 45.9 Å². The highest BCUT2D eigenvalue weighted by Gasteiger charge is 2.11. The number of aromatic nitrogens is 1. The van der Waals surface area contributed by atoms with E-state index in [2.05, 4.69) is 62.3 Å². The number of hydrogen-bond donors (Lipinski definition) is 1. The second-order valence-electron chi connectivity index (χ2n) is 4.95. The topological polar surface area (TPSA) is 24.9 Å². The van der Waals surface area contributed by atoms with E-state index >= 15 is 0 Å². The van der Waals surface area contributed by atoms with Crippen LogP contribution >= 0.6 is 11.3 Å². The summed E-state index contributed by atoms with van der Waals surface area (Å²) in [5.41, 5.74) is 5.59. The summed E-state index contributed by atoms with van der Waals surface area (Å²) in [7, 11) is 0. The minimum atomic E-state index is 0.305. The van der Waals surface area contributed by atoms with Gasteiger partial charge in [-0.3, -0.25) is 0 Å². The van der Waals surface area contributed by atoms with Crippen molar-refractivity contribution in [1.82, 2.24) is 4.98 Å². The van der Waals surface area contributed by atoms with Crippen molar-refractivity contribution < 1.29 is 0 Å². The Morgan fingerprint density at radius 3 is 2.61 bits per heavy atom. The number of benzene rings is 1. The highest BCUT2D eigenvalue weighted by atomic mass is 32.1. The third kappa shape index (κ3) is 2.91. The van der Waals surface area contributed by atoms with Gasteiger partial charge >= 0.3 is 0 Å². The van der Waals surface area contributed by atoms with Crippen LogP contribution in [0.15, 0.2) is 29.8 Å². The van der Waals surface area contributed by atoms with E-state index in [0.717, 1.165) is 5.69 Å². The molecule has 2 aromatic rings. The maximum absolute atomic E-state index is 4.30. The molecule has 2 nitrogen and oxygen atoms in total. The Kier molecular flexibility index (Phi) is 4.02. The second kappa shape index (κ2) is 5.53. The fourth-order valence-corrected chi connectivity index (χ4v) is 2.84. The standard InChI is InChI=1S/C15H20N2S/c1-10(2)13-6-5-7-14(8-13)17-12(4)15-11(3)16-9-18-15/h5-10,12,17H,1-4H3. The normalized spacial score (nSPS) is 12.7. The number of thiazole rings is 1. The SMILES string of the molecule is Cc1ncsc1C(C)Nc1cccc(C(C)C)c1. The molecule has 0 fully saturated rings. The fraction of sp³-hybridized carbons (Fsp3) is 0.400. The molecule has 0 aliphatic carbocycles. The van der Waals surface area contributed by atoms with Crippen molar-refractivity contribution in [1.29, 1.82) is 0 Å². The number of anilines is 1. The van der Waals surface area contributed by atoms with Gasteiger partial charge in [0.2, 0.25) is 0 Å². The highest BCUT2D eigenvalue weighted by molar-refractivity contribution is 7.09. The lowest BCUT2D eigenvalue weighted by atomic mass is 10.0. The second-order valence-corrected chi connectivity index (χ2v) is 5.83. The number of aryl methyl sites for hydroxylation is 1. The van der Waals surface area contributed by atoms with E-state index in [1.165, 1.54) is 16.1 Å². The molecular weight excluding hydrogens is 240 g/mol. The molecule has 0 amide bonds. The van der Waals surface area contributed by atoms with E-state index in [0.29, 0.717) is 12.0 Å². The van der Waals surface area contributed by atoms with Crippen LogP contribution in [0.5, 0.6) is 0 Å². The molecule has 1 heterocycles. The minimum absolute atomic E-state index is 0.305. The molecule has 0 aliphatic heterocycles. The molecule has 1 aromatic carbocycles. The smallest absolute Gasteiger partial charge is 0.0798 e. The van der Waals surface area contributed by atoms with E-state index < -0.39 is 0 Å². The summed E-state index contributed by atoms with van der Waals surface area (Å²) in [5, 5.41) is 3.55. The largest absolute Gasteiger partial charge is 0.378 e. The van der Waals surface area contributed by atoms with Crippen molar-refractivity contribution in [2.75, 3.05) is 5.32 Å². The Balaban J connectivity index is 2.14. The van der Waals surface area contributed by atoms with E-state index in [-0.39, 0.29) is 0 Å². The van der Waals surface area contributed by atoms with Crippen molar-refractivity contribution in [2.45, 2.75) is 39.7 Å². The first kappa shape index (κ1) is 13.1. The van der Waals surface area contributed by atoms with Crippen molar-refractivity contribution in [3.63, 3.8) is 0 Å². The molecule has 18 heavy (non-hydrogen) atoms. The van der Waals surface area contributed by atoms with Gasteiger partial charge in [-0.05, 0) is 37.5 Å². The van der Waals surface area contributed by atoms with E-state index in [4.69, 9.17) is 0 Å². The monoisotopic (exact) mass is 260 g/mol. The summed E-state index contributed by atoms with van der Waals surface area (Å²) in [6, 6.07) is 8.96. The molecular formula is C15H20N2S. The average Bonchev–Trinajstić information content (AvgIpc) is 2.76. The summed E-state index contributed by atoms with van der Waals surface area (Å²) < 4.78 is 0. The number of hydrogen-bond acceptors (Lipinski definition) is 3. The zero-order valence-electron chi connectivity index (χ0n) is 11.4. The van der Waals surface area contributed by atoms with Crippen LogP contribution in [-0.2, 0) is 0 Å². The molecule has 2 rings (SSSR count). The maximum atomic E-state index is 4.30. The van der Waals surface area contributed by atoms with Crippen LogP contribution in [0.4, 0.5) is 5.69 Å². The van der Waals surface area contributed by atoms with E-state index in [1.54, 1.807) is 11.3 Å². The molecule has 3 heteroatoms. The van der Waals surface area contributed by atoms with E-state index in [1.807, 2.05) is 5.51 Å². The van der Waals surface area contributed by atoms with Crippen LogP contribution in [-0.4, -0.2) is 4.98 Å². The molecule has 0 aliphatic rings.